The molecule has 3 rings (SSSR count). The monoisotopic (exact) mass is 299 g/mol. The van der Waals surface area contributed by atoms with Gasteiger partial charge in [0, 0.05) is 12.3 Å². The summed E-state index contributed by atoms with van der Waals surface area (Å²) in [6.45, 7) is -0.629. The van der Waals surface area contributed by atoms with Gasteiger partial charge in [-0.05, 0) is 12.1 Å². The third-order valence-corrected chi connectivity index (χ3v) is 3.26. The van der Waals surface area contributed by atoms with Gasteiger partial charge in [0.2, 0.25) is 0 Å². The van der Waals surface area contributed by atoms with Gasteiger partial charge in [-0.1, -0.05) is 11.6 Å². The summed E-state index contributed by atoms with van der Waals surface area (Å²) in [5.74, 6) is -3.16. The molecule has 2 aromatic heterocycles. The van der Waals surface area contributed by atoms with E-state index in [2.05, 4.69) is 9.97 Å². The maximum atomic E-state index is 13.7. The zero-order chi connectivity index (χ0) is 14.3. The number of aromatic nitrogens is 2. The van der Waals surface area contributed by atoms with E-state index in [4.69, 9.17) is 11.6 Å². The summed E-state index contributed by atoms with van der Waals surface area (Å²) in [6, 6.07) is 4.30. The largest absolute Gasteiger partial charge is 0.358 e. The molecule has 7 heteroatoms. The number of pyridine rings is 2. The van der Waals surface area contributed by atoms with Gasteiger partial charge in [-0.15, -0.1) is 0 Å². The van der Waals surface area contributed by atoms with E-state index in [-0.39, 0.29) is 23.8 Å². The molecule has 1 fully saturated rings. The molecule has 1 saturated heterocycles. The summed E-state index contributed by atoms with van der Waals surface area (Å²) in [5, 5.41) is 0.0608. The van der Waals surface area contributed by atoms with Crippen LogP contribution in [0.25, 0.3) is 11.3 Å². The van der Waals surface area contributed by atoms with Crippen LogP contribution in [0.3, 0.4) is 0 Å². The topological polar surface area (TPSA) is 29.0 Å². The lowest BCUT2D eigenvalue weighted by Crippen LogP contribution is -2.56. The van der Waals surface area contributed by atoms with Crippen LogP contribution in [0.1, 0.15) is 0 Å². The molecule has 1 aliphatic rings. The lowest BCUT2D eigenvalue weighted by atomic mass is 10.1. The van der Waals surface area contributed by atoms with Gasteiger partial charge in [-0.2, -0.15) is 0 Å². The quantitative estimate of drug-likeness (QED) is 0.796. The van der Waals surface area contributed by atoms with Gasteiger partial charge in [-0.3, -0.25) is 4.98 Å². The van der Waals surface area contributed by atoms with Gasteiger partial charge in [0.25, 0.3) is 5.92 Å². The molecule has 3 heterocycles. The highest BCUT2D eigenvalue weighted by Gasteiger charge is 2.43. The highest BCUT2D eigenvalue weighted by molar-refractivity contribution is 6.29. The molecular formula is C13H9ClF3N3. The Morgan fingerprint density at radius 3 is 2.45 bits per heavy atom. The Morgan fingerprint density at radius 1 is 1.15 bits per heavy atom. The fourth-order valence-corrected chi connectivity index (χ4v) is 2.17. The van der Waals surface area contributed by atoms with Gasteiger partial charge in [-0.25, -0.2) is 18.2 Å². The lowest BCUT2D eigenvalue weighted by Gasteiger charge is -2.40. The average molecular weight is 300 g/mol. The Bertz CT molecular complexity index is 638. The van der Waals surface area contributed by atoms with Crippen LogP contribution in [-0.4, -0.2) is 29.0 Å². The molecule has 0 N–H and O–H groups in total. The van der Waals surface area contributed by atoms with Crippen LogP contribution in [0.4, 0.5) is 18.9 Å². The third kappa shape index (κ3) is 2.43. The van der Waals surface area contributed by atoms with E-state index in [1.54, 1.807) is 12.1 Å². The maximum absolute atomic E-state index is 13.7. The molecule has 2 aromatic rings. The fourth-order valence-electron chi connectivity index (χ4n) is 2.02. The van der Waals surface area contributed by atoms with E-state index in [9.17, 15) is 13.2 Å². The van der Waals surface area contributed by atoms with Crippen molar-refractivity contribution >= 4 is 17.3 Å². The molecule has 0 spiro atoms. The van der Waals surface area contributed by atoms with Crippen molar-refractivity contribution in [3.8, 4) is 11.3 Å². The first-order valence-electron chi connectivity index (χ1n) is 5.85. The van der Waals surface area contributed by atoms with Gasteiger partial charge in [0.15, 0.2) is 0 Å². The first-order chi connectivity index (χ1) is 9.44. The Morgan fingerprint density at radius 2 is 1.90 bits per heavy atom. The van der Waals surface area contributed by atoms with Crippen molar-refractivity contribution in [2.24, 2.45) is 0 Å². The third-order valence-electron chi connectivity index (χ3n) is 3.05. The molecule has 0 saturated carbocycles. The lowest BCUT2D eigenvalue weighted by molar-refractivity contribution is -0.0262. The molecule has 0 unspecified atom stereocenters. The fraction of sp³-hybridized carbons (Fsp3) is 0.231. The van der Waals surface area contributed by atoms with Crippen LogP contribution < -0.4 is 4.90 Å². The van der Waals surface area contributed by atoms with Crippen molar-refractivity contribution in [1.29, 1.82) is 0 Å². The smallest absolute Gasteiger partial charge is 0.282 e. The molecule has 104 valence electrons. The first-order valence-corrected chi connectivity index (χ1v) is 6.23. The normalized spacial score (nSPS) is 16.9. The summed E-state index contributed by atoms with van der Waals surface area (Å²) in [6.07, 6.45) is 2.73. The Kier molecular flexibility index (Phi) is 3.05. The minimum absolute atomic E-state index is 0.0608. The molecule has 0 aliphatic carbocycles. The van der Waals surface area contributed by atoms with E-state index in [1.807, 2.05) is 0 Å². The summed E-state index contributed by atoms with van der Waals surface area (Å²) in [5.41, 5.74) is 1.18. The molecular weight excluding hydrogens is 291 g/mol. The van der Waals surface area contributed by atoms with E-state index < -0.39 is 11.7 Å². The molecule has 0 radical (unpaired) electrons. The van der Waals surface area contributed by atoms with E-state index in [1.165, 1.54) is 17.3 Å². The average Bonchev–Trinajstić information content (AvgIpc) is 2.36. The van der Waals surface area contributed by atoms with Crippen LogP contribution in [-0.2, 0) is 0 Å². The molecule has 0 amide bonds. The number of anilines is 1. The van der Waals surface area contributed by atoms with Gasteiger partial charge >= 0.3 is 0 Å². The standard InChI is InChI=1S/C13H9ClF3N3/c14-12-3-10(15)9(5-19-12)11-2-1-8(4-18-11)20-6-13(16,17)7-20/h1-5H,6-7H2. The van der Waals surface area contributed by atoms with E-state index in [0.717, 1.165) is 6.07 Å². The predicted octanol–water partition coefficient (Wildman–Crippen LogP) is 3.39. The maximum Gasteiger partial charge on any atom is 0.282 e. The number of hydrogen-bond acceptors (Lipinski definition) is 3. The van der Waals surface area contributed by atoms with E-state index >= 15 is 0 Å². The van der Waals surface area contributed by atoms with Crippen LogP contribution in [0.15, 0.2) is 30.6 Å². The number of hydrogen-bond donors (Lipinski definition) is 0. The van der Waals surface area contributed by atoms with Crippen molar-refractivity contribution in [3.05, 3.63) is 41.6 Å². The number of nitrogens with zero attached hydrogens (tertiary/aromatic N) is 3. The molecule has 1 aliphatic heterocycles. The second kappa shape index (κ2) is 4.63. The minimum atomic E-state index is -2.63. The number of alkyl halides is 2. The summed E-state index contributed by atoms with van der Waals surface area (Å²) >= 11 is 5.58. The Balaban J connectivity index is 1.83. The van der Waals surface area contributed by atoms with Crippen molar-refractivity contribution in [2.75, 3.05) is 18.0 Å². The first kappa shape index (κ1) is 13.2. The van der Waals surface area contributed by atoms with Crippen LogP contribution >= 0.6 is 11.6 Å². The van der Waals surface area contributed by atoms with Crippen molar-refractivity contribution in [2.45, 2.75) is 5.92 Å². The van der Waals surface area contributed by atoms with Gasteiger partial charge in [0.1, 0.15) is 11.0 Å². The zero-order valence-electron chi connectivity index (χ0n) is 10.2. The SMILES string of the molecule is Fc1cc(Cl)ncc1-c1ccc(N2CC(F)(F)C2)cn1. The van der Waals surface area contributed by atoms with Gasteiger partial charge < -0.3 is 4.90 Å². The second-order valence-electron chi connectivity index (χ2n) is 4.60. The van der Waals surface area contributed by atoms with Crippen molar-refractivity contribution in [3.63, 3.8) is 0 Å². The predicted molar refractivity (Wildman–Crippen MR) is 69.6 cm³/mol. The van der Waals surface area contributed by atoms with Gasteiger partial charge in [0.05, 0.1) is 36.2 Å². The molecule has 20 heavy (non-hydrogen) atoms. The molecule has 0 bridgehead atoms. The zero-order valence-corrected chi connectivity index (χ0v) is 10.9. The minimum Gasteiger partial charge on any atom is -0.358 e. The summed E-state index contributed by atoms with van der Waals surface area (Å²) in [4.78, 5) is 9.38. The highest BCUT2D eigenvalue weighted by atomic mass is 35.5. The van der Waals surface area contributed by atoms with Crippen LogP contribution in [0.2, 0.25) is 5.15 Å². The highest BCUT2D eigenvalue weighted by Crippen LogP contribution is 2.32. The Hall–Kier alpha value is -1.82. The second-order valence-corrected chi connectivity index (χ2v) is 4.99. The summed E-state index contributed by atoms with van der Waals surface area (Å²) < 4.78 is 39.3. The van der Waals surface area contributed by atoms with Crippen molar-refractivity contribution < 1.29 is 13.2 Å². The number of halogens is 4. The van der Waals surface area contributed by atoms with Crippen LogP contribution in [0.5, 0.6) is 0 Å². The summed E-state index contributed by atoms with van der Waals surface area (Å²) in [7, 11) is 0. The van der Waals surface area contributed by atoms with Crippen LogP contribution in [0, 0.1) is 5.82 Å². The molecule has 0 atom stereocenters. The van der Waals surface area contributed by atoms with Crippen molar-refractivity contribution in [1.82, 2.24) is 9.97 Å². The number of rotatable bonds is 2. The van der Waals surface area contributed by atoms with E-state index in [0.29, 0.717) is 11.4 Å². The molecule has 0 aromatic carbocycles. The molecule has 3 nitrogen and oxygen atoms in total. The Labute approximate surface area is 118 Å².